The highest BCUT2D eigenvalue weighted by Crippen LogP contribution is 2.28. The van der Waals surface area contributed by atoms with Gasteiger partial charge in [0.1, 0.15) is 17.2 Å². The largest absolute Gasteiger partial charge is 0.497 e. The van der Waals surface area contributed by atoms with E-state index in [0.717, 1.165) is 22.6 Å². The summed E-state index contributed by atoms with van der Waals surface area (Å²) in [6, 6.07) is 9.20. The fourth-order valence-electron chi connectivity index (χ4n) is 2.33. The van der Waals surface area contributed by atoms with Crippen LogP contribution in [0.4, 0.5) is 0 Å². The summed E-state index contributed by atoms with van der Waals surface area (Å²) in [5, 5.41) is 0. The second-order valence-electron chi connectivity index (χ2n) is 5.01. The van der Waals surface area contributed by atoms with Crippen molar-refractivity contribution in [2.45, 2.75) is 0 Å². The van der Waals surface area contributed by atoms with Crippen molar-refractivity contribution >= 4 is 11.5 Å². The molecule has 2 aromatic rings. The molecule has 0 radical (unpaired) electrons. The van der Waals surface area contributed by atoms with E-state index in [0.29, 0.717) is 18.2 Å². The first-order valence-electron chi connectivity index (χ1n) is 7.53. The van der Waals surface area contributed by atoms with Crippen LogP contribution in [-0.2, 0) is 0 Å². The van der Waals surface area contributed by atoms with E-state index in [1.165, 1.54) is 0 Å². The molecule has 3 rings (SSSR count). The molecular weight excluding hydrogens is 304 g/mol. The molecule has 0 atom stereocenters. The summed E-state index contributed by atoms with van der Waals surface area (Å²) in [5.41, 5.74) is 1.66. The molecule has 0 fully saturated rings. The highest BCUT2D eigenvalue weighted by molar-refractivity contribution is 6.21. The molecule has 0 N–H and O–H groups in total. The normalized spacial score (nSPS) is 13.6. The van der Waals surface area contributed by atoms with Crippen LogP contribution in [0.3, 0.4) is 0 Å². The number of aliphatic imine (C=N–C) groups is 1. The average Bonchev–Trinajstić information content (AvgIpc) is 2.87. The van der Waals surface area contributed by atoms with E-state index < -0.39 is 0 Å². The van der Waals surface area contributed by atoms with Gasteiger partial charge < -0.3 is 14.2 Å². The zero-order chi connectivity index (χ0) is 16.8. The van der Waals surface area contributed by atoms with Crippen LogP contribution < -0.4 is 14.2 Å². The number of rotatable bonds is 4. The molecule has 5 nitrogen and oxygen atoms in total. The maximum absolute atomic E-state index is 6.00. The Morgan fingerprint density at radius 2 is 1.75 bits per heavy atom. The van der Waals surface area contributed by atoms with Gasteiger partial charge >= 0.3 is 0 Å². The molecular formula is C19H18N2O3. The van der Waals surface area contributed by atoms with Gasteiger partial charge in [-0.15, -0.1) is 0 Å². The number of allylic oxidation sites excluding steroid dienone is 2. The van der Waals surface area contributed by atoms with Gasteiger partial charge in [0.25, 0.3) is 0 Å². The molecule has 1 aromatic carbocycles. The van der Waals surface area contributed by atoms with E-state index in [9.17, 15) is 0 Å². The Balaban J connectivity index is 1.93. The van der Waals surface area contributed by atoms with Crippen molar-refractivity contribution in [2.75, 3.05) is 20.8 Å². The van der Waals surface area contributed by atoms with Crippen molar-refractivity contribution in [3.8, 4) is 17.2 Å². The molecule has 1 aromatic heterocycles. The molecule has 122 valence electrons. The standard InChI is InChI=1S/C19H18N2O3/c1-22-14-6-8-15(9-7-14)24-19-16(5-3-4-11-21-19)17-13-20-12-10-18(17)23-2/h3-10,12-13H,11H2,1-2H3. The summed E-state index contributed by atoms with van der Waals surface area (Å²) in [7, 11) is 3.26. The van der Waals surface area contributed by atoms with Crippen LogP contribution in [-0.4, -0.2) is 31.6 Å². The van der Waals surface area contributed by atoms with Crippen LogP contribution in [0.2, 0.25) is 0 Å². The lowest BCUT2D eigenvalue weighted by atomic mass is 10.1. The predicted molar refractivity (Wildman–Crippen MR) is 93.8 cm³/mol. The molecule has 24 heavy (non-hydrogen) atoms. The van der Waals surface area contributed by atoms with E-state index in [1.54, 1.807) is 26.6 Å². The minimum Gasteiger partial charge on any atom is -0.497 e. The first kappa shape index (κ1) is 15.8. The first-order chi connectivity index (χ1) is 11.8. The zero-order valence-corrected chi connectivity index (χ0v) is 13.6. The SMILES string of the molecule is COc1ccc(OC2=NCC=CC=C2c2cnccc2OC)cc1. The van der Waals surface area contributed by atoms with Crippen molar-refractivity contribution in [3.63, 3.8) is 0 Å². The quantitative estimate of drug-likeness (QED) is 0.864. The molecule has 0 bridgehead atoms. The molecule has 0 saturated carbocycles. The molecule has 0 unspecified atom stereocenters. The topological polar surface area (TPSA) is 52.9 Å². The number of hydrogen-bond acceptors (Lipinski definition) is 5. The van der Waals surface area contributed by atoms with Gasteiger partial charge in [-0.2, -0.15) is 0 Å². The molecule has 5 heteroatoms. The number of pyridine rings is 1. The number of hydrogen-bond donors (Lipinski definition) is 0. The van der Waals surface area contributed by atoms with Gasteiger partial charge in [0, 0.05) is 23.5 Å². The van der Waals surface area contributed by atoms with E-state index in [4.69, 9.17) is 14.2 Å². The minimum absolute atomic E-state index is 0.525. The third-order valence-electron chi connectivity index (χ3n) is 3.53. The van der Waals surface area contributed by atoms with Crippen LogP contribution in [0.15, 0.2) is 65.9 Å². The summed E-state index contributed by atoms with van der Waals surface area (Å²) >= 11 is 0. The number of methoxy groups -OCH3 is 2. The Labute approximate surface area is 140 Å². The minimum atomic E-state index is 0.525. The second kappa shape index (κ2) is 7.46. The Bertz CT molecular complexity index is 793. The molecule has 0 amide bonds. The van der Waals surface area contributed by atoms with E-state index >= 15 is 0 Å². The van der Waals surface area contributed by atoms with Crippen molar-refractivity contribution in [2.24, 2.45) is 4.99 Å². The smallest absolute Gasteiger partial charge is 0.223 e. The maximum atomic E-state index is 6.00. The maximum Gasteiger partial charge on any atom is 0.223 e. The van der Waals surface area contributed by atoms with Gasteiger partial charge in [-0.3, -0.25) is 4.98 Å². The lowest BCUT2D eigenvalue weighted by Gasteiger charge is -2.14. The van der Waals surface area contributed by atoms with E-state index in [-0.39, 0.29) is 0 Å². The number of benzene rings is 1. The molecule has 2 heterocycles. The van der Waals surface area contributed by atoms with Gasteiger partial charge in [0.2, 0.25) is 5.90 Å². The van der Waals surface area contributed by atoms with E-state index in [2.05, 4.69) is 9.98 Å². The highest BCUT2D eigenvalue weighted by Gasteiger charge is 2.17. The predicted octanol–water partition coefficient (Wildman–Crippen LogP) is 3.53. The van der Waals surface area contributed by atoms with Crippen LogP contribution in [0.1, 0.15) is 5.56 Å². The van der Waals surface area contributed by atoms with Crippen molar-refractivity contribution in [3.05, 3.63) is 66.5 Å². The van der Waals surface area contributed by atoms with Gasteiger partial charge in [-0.1, -0.05) is 12.2 Å². The number of ether oxygens (including phenoxy) is 3. The summed E-state index contributed by atoms with van der Waals surface area (Å²) in [6.45, 7) is 0.550. The lowest BCUT2D eigenvalue weighted by Crippen LogP contribution is -2.12. The fraction of sp³-hybridized carbons (Fsp3) is 0.158. The molecule has 0 spiro atoms. The van der Waals surface area contributed by atoms with Crippen LogP contribution in [0.5, 0.6) is 17.2 Å². The van der Waals surface area contributed by atoms with Crippen LogP contribution in [0, 0.1) is 0 Å². The summed E-state index contributed by atoms with van der Waals surface area (Å²) in [5.74, 6) is 2.70. The van der Waals surface area contributed by atoms with Gasteiger partial charge in [-0.25, -0.2) is 4.99 Å². The van der Waals surface area contributed by atoms with Crippen molar-refractivity contribution < 1.29 is 14.2 Å². The van der Waals surface area contributed by atoms with Crippen LogP contribution in [0.25, 0.3) is 5.57 Å². The third kappa shape index (κ3) is 3.46. The molecule has 0 aliphatic carbocycles. The third-order valence-corrected chi connectivity index (χ3v) is 3.53. The van der Waals surface area contributed by atoms with Crippen LogP contribution >= 0.6 is 0 Å². The Morgan fingerprint density at radius 3 is 2.50 bits per heavy atom. The van der Waals surface area contributed by atoms with Crippen molar-refractivity contribution in [1.82, 2.24) is 4.98 Å². The molecule has 1 aliphatic rings. The van der Waals surface area contributed by atoms with E-state index in [1.807, 2.05) is 48.6 Å². The monoisotopic (exact) mass is 322 g/mol. The van der Waals surface area contributed by atoms with Gasteiger partial charge in [-0.05, 0) is 36.4 Å². The Kier molecular flexibility index (Phi) is 4.91. The Morgan fingerprint density at radius 1 is 0.958 bits per heavy atom. The lowest BCUT2D eigenvalue weighted by molar-refractivity contribution is 0.412. The molecule has 1 aliphatic heterocycles. The Hall–Kier alpha value is -3.08. The van der Waals surface area contributed by atoms with Gasteiger partial charge in [0.15, 0.2) is 0 Å². The number of aromatic nitrogens is 1. The highest BCUT2D eigenvalue weighted by atomic mass is 16.5. The van der Waals surface area contributed by atoms with Crippen molar-refractivity contribution in [1.29, 1.82) is 0 Å². The van der Waals surface area contributed by atoms with Gasteiger partial charge in [0.05, 0.1) is 20.8 Å². The molecule has 0 saturated heterocycles. The summed E-state index contributed by atoms with van der Waals surface area (Å²) in [4.78, 5) is 8.71. The first-order valence-corrected chi connectivity index (χ1v) is 7.53. The second-order valence-corrected chi connectivity index (χ2v) is 5.01. The summed E-state index contributed by atoms with van der Waals surface area (Å²) in [6.07, 6.45) is 9.31. The average molecular weight is 322 g/mol. The summed E-state index contributed by atoms with van der Waals surface area (Å²) < 4.78 is 16.6. The zero-order valence-electron chi connectivity index (χ0n) is 13.6. The number of nitrogens with zero attached hydrogens (tertiary/aromatic N) is 2. The fourth-order valence-corrected chi connectivity index (χ4v) is 2.33.